The highest BCUT2D eigenvalue weighted by molar-refractivity contribution is 6.33. The van der Waals surface area contributed by atoms with E-state index in [0.29, 0.717) is 31.2 Å². The van der Waals surface area contributed by atoms with E-state index in [9.17, 15) is 9.18 Å². The van der Waals surface area contributed by atoms with Gasteiger partial charge in [-0.3, -0.25) is 4.79 Å². The first-order valence-corrected chi connectivity index (χ1v) is 8.47. The lowest BCUT2D eigenvalue weighted by atomic mass is 10.1. The molecule has 1 aliphatic heterocycles. The summed E-state index contributed by atoms with van der Waals surface area (Å²) in [4.78, 5) is 16.4. The molecule has 1 fully saturated rings. The Morgan fingerprint density at radius 3 is 2.46 bits per heavy atom. The summed E-state index contributed by atoms with van der Waals surface area (Å²) in [5.41, 5.74) is 2.15. The topological polar surface area (TPSA) is 23.6 Å². The number of carbonyl (C=O) groups excluding carboxylic acids is 1. The van der Waals surface area contributed by atoms with Crippen LogP contribution in [0.2, 0.25) is 10.0 Å². The molecule has 2 aromatic rings. The minimum Gasteiger partial charge on any atom is -0.368 e. The van der Waals surface area contributed by atoms with Crippen LogP contribution >= 0.6 is 23.2 Å². The number of hydrogen-bond donors (Lipinski definition) is 0. The van der Waals surface area contributed by atoms with E-state index < -0.39 is 5.82 Å². The lowest BCUT2D eigenvalue weighted by molar-refractivity contribution is 0.0742. The molecule has 0 aliphatic carbocycles. The molecule has 0 saturated carbocycles. The lowest BCUT2D eigenvalue weighted by Crippen LogP contribution is -2.49. The zero-order chi connectivity index (χ0) is 17.3. The largest absolute Gasteiger partial charge is 0.368 e. The van der Waals surface area contributed by atoms with Crippen molar-refractivity contribution in [1.29, 1.82) is 0 Å². The van der Waals surface area contributed by atoms with Gasteiger partial charge < -0.3 is 9.80 Å². The standard InChI is InChI=1S/C18H17Cl2FN2O/c1-12-5-6-13(19)11-16(12)22-7-9-23(10-8-22)18(24)17-14(20)3-2-4-15(17)21/h2-6,11H,7-10H2,1H3. The molecule has 0 spiro atoms. The normalized spacial score (nSPS) is 14.8. The second kappa shape index (κ2) is 6.99. The van der Waals surface area contributed by atoms with E-state index in [0.717, 1.165) is 11.3 Å². The van der Waals surface area contributed by atoms with Crippen LogP contribution < -0.4 is 4.90 Å². The number of rotatable bonds is 2. The molecule has 6 heteroatoms. The molecule has 0 radical (unpaired) electrons. The van der Waals surface area contributed by atoms with Crippen LogP contribution in [0.5, 0.6) is 0 Å². The molecule has 1 amide bonds. The Hall–Kier alpha value is -1.78. The van der Waals surface area contributed by atoms with Crippen molar-refractivity contribution in [1.82, 2.24) is 4.90 Å². The molecule has 0 bridgehead atoms. The Labute approximate surface area is 150 Å². The molecule has 3 rings (SSSR count). The third kappa shape index (κ3) is 3.35. The van der Waals surface area contributed by atoms with Gasteiger partial charge in [-0.05, 0) is 36.8 Å². The van der Waals surface area contributed by atoms with E-state index in [1.54, 1.807) is 4.90 Å². The Morgan fingerprint density at radius 1 is 1.08 bits per heavy atom. The maximum atomic E-state index is 13.9. The van der Waals surface area contributed by atoms with Crippen molar-refractivity contribution in [2.24, 2.45) is 0 Å². The number of nitrogens with zero attached hydrogens (tertiary/aromatic N) is 2. The third-order valence-electron chi connectivity index (χ3n) is 4.26. The molecule has 0 atom stereocenters. The van der Waals surface area contributed by atoms with E-state index >= 15 is 0 Å². The van der Waals surface area contributed by atoms with Gasteiger partial charge in [0, 0.05) is 36.9 Å². The van der Waals surface area contributed by atoms with Gasteiger partial charge in [0.1, 0.15) is 5.82 Å². The summed E-state index contributed by atoms with van der Waals surface area (Å²) < 4.78 is 13.9. The first-order valence-electron chi connectivity index (χ1n) is 7.72. The molecule has 2 aromatic carbocycles. The summed E-state index contributed by atoms with van der Waals surface area (Å²) in [6.45, 7) is 4.38. The third-order valence-corrected chi connectivity index (χ3v) is 4.81. The van der Waals surface area contributed by atoms with Crippen LogP contribution in [0.1, 0.15) is 15.9 Å². The van der Waals surface area contributed by atoms with Crippen LogP contribution in [0.3, 0.4) is 0 Å². The summed E-state index contributed by atoms with van der Waals surface area (Å²) in [5.74, 6) is -0.943. The summed E-state index contributed by atoms with van der Waals surface area (Å²) in [7, 11) is 0. The van der Waals surface area contributed by atoms with Crippen molar-refractivity contribution in [3.05, 3.63) is 63.4 Å². The summed E-state index contributed by atoms with van der Waals surface area (Å²) in [5, 5.41) is 0.834. The van der Waals surface area contributed by atoms with Gasteiger partial charge in [-0.15, -0.1) is 0 Å². The first-order chi connectivity index (χ1) is 11.5. The molecule has 0 unspecified atom stereocenters. The molecule has 126 valence electrons. The molecular weight excluding hydrogens is 350 g/mol. The Balaban J connectivity index is 1.73. The molecule has 24 heavy (non-hydrogen) atoms. The van der Waals surface area contributed by atoms with E-state index in [1.807, 2.05) is 25.1 Å². The number of hydrogen-bond acceptors (Lipinski definition) is 2. The molecule has 3 nitrogen and oxygen atoms in total. The molecule has 1 saturated heterocycles. The smallest absolute Gasteiger partial charge is 0.258 e. The van der Waals surface area contributed by atoms with E-state index in [1.165, 1.54) is 18.2 Å². The monoisotopic (exact) mass is 366 g/mol. The van der Waals surface area contributed by atoms with Crippen LogP contribution in [0.25, 0.3) is 0 Å². The minimum atomic E-state index is -0.583. The number of anilines is 1. The minimum absolute atomic E-state index is 0.0495. The summed E-state index contributed by atoms with van der Waals surface area (Å²) >= 11 is 12.1. The number of aryl methyl sites for hydroxylation is 1. The van der Waals surface area contributed by atoms with Crippen molar-refractivity contribution in [2.75, 3.05) is 31.1 Å². The SMILES string of the molecule is Cc1ccc(Cl)cc1N1CCN(C(=O)c2c(F)cccc2Cl)CC1. The number of piperazine rings is 1. The van der Waals surface area contributed by atoms with E-state index in [4.69, 9.17) is 23.2 Å². The van der Waals surface area contributed by atoms with Gasteiger partial charge in [0.2, 0.25) is 0 Å². The summed E-state index contributed by atoms with van der Waals surface area (Å²) in [6.07, 6.45) is 0. The zero-order valence-electron chi connectivity index (χ0n) is 13.2. The highest BCUT2D eigenvalue weighted by Crippen LogP contribution is 2.26. The Morgan fingerprint density at radius 2 is 1.79 bits per heavy atom. The van der Waals surface area contributed by atoms with Gasteiger partial charge in [0.15, 0.2) is 0 Å². The fraction of sp³-hybridized carbons (Fsp3) is 0.278. The number of benzene rings is 2. The van der Waals surface area contributed by atoms with Crippen molar-refractivity contribution >= 4 is 34.8 Å². The van der Waals surface area contributed by atoms with Crippen LogP contribution in [-0.2, 0) is 0 Å². The van der Waals surface area contributed by atoms with Crippen LogP contribution in [-0.4, -0.2) is 37.0 Å². The maximum Gasteiger partial charge on any atom is 0.258 e. The second-order valence-electron chi connectivity index (χ2n) is 5.81. The van der Waals surface area contributed by atoms with E-state index in [-0.39, 0.29) is 16.5 Å². The van der Waals surface area contributed by atoms with Gasteiger partial charge in [0.25, 0.3) is 5.91 Å². The molecule has 1 aliphatic rings. The van der Waals surface area contributed by atoms with Crippen molar-refractivity contribution in [3.63, 3.8) is 0 Å². The van der Waals surface area contributed by atoms with E-state index in [2.05, 4.69) is 4.90 Å². The van der Waals surface area contributed by atoms with Gasteiger partial charge in [-0.25, -0.2) is 4.39 Å². The van der Waals surface area contributed by atoms with Gasteiger partial charge in [0.05, 0.1) is 10.6 Å². The van der Waals surface area contributed by atoms with Crippen LogP contribution in [0.15, 0.2) is 36.4 Å². The van der Waals surface area contributed by atoms with Gasteiger partial charge in [-0.2, -0.15) is 0 Å². The molecule has 1 heterocycles. The summed E-state index contributed by atoms with van der Waals surface area (Å²) in [6, 6.07) is 10.1. The quantitative estimate of drug-likeness (QED) is 0.785. The number of amides is 1. The van der Waals surface area contributed by atoms with Gasteiger partial charge in [-0.1, -0.05) is 35.3 Å². The van der Waals surface area contributed by atoms with Crippen LogP contribution in [0.4, 0.5) is 10.1 Å². The fourth-order valence-electron chi connectivity index (χ4n) is 2.93. The molecule has 0 N–H and O–H groups in total. The fourth-order valence-corrected chi connectivity index (χ4v) is 3.34. The highest BCUT2D eigenvalue weighted by atomic mass is 35.5. The Kier molecular flexibility index (Phi) is 4.97. The van der Waals surface area contributed by atoms with Crippen molar-refractivity contribution < 1.29 is 9.18 Å². The predicted molar refractivity (Wildman–Crippen MR) is 95.7 cm³/mol. The number of carbonyl (C=O) groups is 1. The Bertz CT molecular complexity index is 753. The first kappa shape index (κ1) is 17.1. The zero-order valence-corrected chi connectivity index (χ0v) is 14.7. The predicted octanol–water partition coefficient (Wildman–Crippen LogP) is 4.40. The van der Waals surface area contributed by atoms with Gasteiger partial charge >= 0.3 is 0 Å². The lowest BCUT2D eigenvalue weighted by Gasteiger charge is -2.37. The number of halogens is 3. The highest BCUT2D eigenvalue weighted by Gasteiger charge is 2.26. The average molecular weight is 367 g/mol. The average Bonchev–Trinajstić information content (AvgIpc) is 2.57. The van der Waals surface area contributed by atoms with Crippen LogP contribution in [0, 0.1) is 12.7 Å². The van der Waals surface area contributed by atoms with Crippen molar-refractivity contribution in [2.45, 2.75) is 6.92 Å². The van der Waals surface area contributed by atoms with Crippen molar-refractivity contribution in [3.8, 4) is 0 Å². The maximum absolute atomic E-state index is 13.9. The second-order valence-corrected chi connectivity index (χ2v) is 6.65. The molecular formula is C18H17Cl2FN2O. The molecule has 0 aromatic heterocycles.